The van der Waals surface area contributed by atoms with Gasteiger partial charge in [-0.2, -0.15) is 5.10 Å². The molecule has 0 radical (unpaired) electrons. The maximum Gasteiger partial charge on any atom is 0.490 e. The van der Waals surface area contributed by atoms with Gasteiger partial charge in [-0.3, -0.25) is 0 Å². The predicted molar refractivity (Wildman–Crippen MR) is 116 cm³/mol. The summed E-state index contributed by atoms with van der Waals surface area (Å²) in [5, 5.41) is 23.5. The van der Waals surface area contributed by atoms with Crippen molar-refractivity contribution in [2.75, 3.05) is 19.1 Å². The van der Waals surface area contributed by atoms with Crippen LogP contribution < -0.4 is 10.2 Å². The minimum atomic E-state index is -1.62. The van der Waals surface area contributed by atoms with E-state index in [1.165, 1.54) is 0 Å². The summed E-state index contributed by atoms with van der Waals surface area (Å²) in [5.41, 5.74) is 0.878. The van der Waals surface area contributed by atoms with Gasteiger partial charge in [-0.1, -0.05) is 20.8 Å². The smallest absolute Gasteiger partial charge is 0.490 e. The van der Waals surface area contributed by atoms with Crippen molar-refractivity contribution in [2.24, 2.45) is 0 Å². The lowest BCUT2D eigenvalue weighted by Gasteiger charge is -2.45. The first kappa shape index (κ1) is 22.3. The van der Waals surface area contributed by atoms with Crippen molar-refractivity contribution >= 4 is 38.8 Å². The van der Waals surface area contributed by atoms with E-state index in [0.717, 1.165) is 0 Å². The molecule has 2 N–H and O–H groups in total. The van der Waals surface area contributed by atoms with Crippen LogP contribution in [-0.2, 0) is 4.18 Å². The zero-order valence-corrected chi connectivity index (χ0v) is 19.0. The highest BCUT2D eigenvalue weighted by atomic mass is 79.9. The molecule has 0 saturated carbocycles. The van der Waals surface area contributed by atoms with E-state index < -0.39 is 17.4 Å². The molecular formula is C18H28BBrN2O4S. The fraction of sp³-hybridized carbons (Fsp3) is 0.500. The van der Waals surface area contributed by atoms with Crippen LogP contribution in [0, 0.1) is 0 Å². The molecule has 1 atom stereocenters. The normalized spacial score (nSPS) is 14.1. The van der Waals surface area contributed by atoms with E-state index in [4.69, 9.17) is 8.92 Å². The van der Waals surface area contributed by atoms with E-state index in [9.17, 15) is 10.0 Å². The highest BCUT2D eigenvalue weighted by Crippen LogP contribution is 2.54. The van der Waals surface area contributed by atoms with Gasteiger partial charge in [0.2, 0.25) is 0 Å². The molecule has 0 amide bonds. The third-order valence-corrected chi connectivity index (χ3v) is 8.84. The number of hydrogen-bond acceptors (Lipinski definition) is 5. The van der Waals surface area contributed by atoms with Crippen molar-refractivity contribution in [1.29, 1.82) is 0 Å². The molecule has 0 spiro atoms. The molecule has 2 rings (SSSR count). The first-order valence-corrected chi connectivity index (χ1v) is 11.8. The van der Waals surface area contributed by atoms with Crippen LogP contribution in [0.2, 0.25) is 0 Å². The van der Waals surface area contributed by atoms with E-state index in [1.54, 1.807) is 35.3 Å². The maximum absolute atomic E-state index is 9.68. The van der Waals surface area contributed by atoms with E-state index >= 15 is 0 Å². The van der Waals surface area contributed by atoms with E-state index in [0.29, 0.717) is 28.0 Å². The topological polar surface area (TPSA) is 76.7 Å². The van der Waals surface area contributed by atoms with Crippen molar-refractivity contribution in [1.82, 2.24) is 9.78 Å². The highest BCUT2D eigenvalue weighted by Gasteiger charge is 2.30. The van der Waals surface area contributed by atoms with Gasteiger partial charge < -0.3 is 19.0 Å². The van der Waals surface area contributed by atoms with E-state index in [-0.39, 0.29) is 10.9 Å². The standard InChI is InChI=1S/C18H28BBrN2O4S/c1-13(26-27(5,6)18(2,3)4)12-25-17-11-16(22-9-7-8-21-22)14(19(23)24)10-15(17)20/h7-11,13,23-24H,12H2,1-6H3. The molecule has 0 saturated heterocycles. The molecule has 0 aliphatic rings. The quantitative estimate of drug-likeness (QED) is 0.623. The molecule has 1 aromatic heterocycles. The Labute approximate surface area is 171 Å². The Kier molecular flexibility index (Phi) is 7.08. The molecule has 0 aliphatic heterocycles. The van der Waals surface area contributed by atoms with Crippen LogP contribution >= 0.6 is 26.2 Å². The summed E-state index contributed by atoms with van der Waals surface area (Å²) in [6.45, 7) is 8.92. The van der Waals surface area contributed by atoms with Crippen molar-refractivity contribution in [3.05, 3.63) is 35.1 Å². The molecule has 0 bridgehead atoms. The SMILES string of the molecule is CC(COc1cc(-n2cccn2)c(B(O)O)cc1Br)OS(C)(C)C(C)(C)C. The summed E-state index contributed by atoms with van der Waals surface area (Å²) < 4.78 is 14.5. The highest BCUT2D eigenvalue weighted by molar-refractivity contribution is 9.10. The molecule has 9 heteroatoms. The third kappa shape index (κ3) is 5.51. The number of aromatic nitrogens is 2. The van der Waals surface area contributed by atoms with Crippen molar-refractivity contribution < 1.29 is 19.0 Å². The van der Waals surface area contributed by atoms with Crippen LogP contribution in [0.4, 0.5) is 0 Å². The van der Waals surface area contributed by atoms with Gasteiger partial charge in [-0.15, -0.1) is 10.3 Å². The van der Waals surface area contributed by atoms with Crippen LogP contribution in [-0.4, -0.2) is 56.9 Å². The average Bonchev–Trinajstić information content (AvgIpc) is 3.06. The lowest BCUT2D eigenvalue weighted by molar-refractivity contribution is 0.156. The summed E-state index contributed by atoms with van der Waals surface area (Å²) in [4.78, 5) is 0. The number of benzene rings is 1. The third-order valence-electron chi connectivity index (χ3n) is 4.46. The Bertz CT molecular complexity index is 763. The molecule has 2 aromatic rings. The zero-order valence-electron chi connectivity index (χ0n) is 16.6. The lowest BCUT2D eigenvalue weighted by Crippen LogP contribution is -2.34. The first-order valence-electron chi connectivity index (χ1n) is 8.66. The minimum absolute atomic E-state index is 0.0774. The van der Waals surface area contributed by atoms with Crippen LogP contribution in [0.5, 0.6) is 5.75 Å². The van der Waals surface area contributed by atoms with Crippen LogP contribution in [0.3, 0.4) is 0 Å². The second-order valence-corrected chi connectivity index (χ2v) is 12.5. The molecule has 27 heavy (non-hydrogen) atoms. The summed E-state index contributed by atoms with van der Waals surface area (Å²) in [6.07, 6.45) is 7.60. The Balaban J connectivity index is 2.18. The van der Waals surface area contributed by atoms with Crippen LogP contribution in [0.15, 0.2) is 35.1 Å². The van der Waals surface area contributed by atoms with Gasteiger partial charge in [-0.05, 0) is 47.5 Å². The second-order valence-electron chi connectivity index (χ2n) is 7.73. The molecule has 150 valence electrons. The Morgan fingerprint density at radius 1 is 1.30 bits per heavy atom. The van der Waals surface area contributed by atoms with Crippen LogP contribution in [0.25, 0.3) is 5.69 Å². The molecule has 6 nitrogen and oxygen atoms in total. The lowest BCUT2D eigenvalue weighted by atomic mass is 9.79. The number of hydrogen-bond donors (Lipinski definition) is 2. The number of nitrogens with zero attached hydrogens (tertiary/aromatic N) is 2. The van der Waals surface area contributed by atoms with Crippen molar-refractivity contribution in [2.45, 2.75) is 38.5 Å². The fourth-order valence-corrected chi connectivity index (χ4v) is 3.92. The van der Waals surface area contributed by atoms with Gasteiger partial charge in [-0.25, -0.2) is 4.68 Å². The molecule has 1 aromatic carbocycles. The minimum Gasteiger partial charge on any atom is -0.490 e. The molecular weight excluding hydrogens is 431 g/mol. The maximum atomic E-state index is 9.68. The summed E-state index contributed by atoms with van der Waals surface area (Å²) in [5.74, 6) is 0.587. The molecule has 1 heterocycles. The van der Waals surface area contributed by atoms with Gasteiger partial charge >= 0.3 is 7.12 Å². The Morgan fingerprint density at radius 3 is 2.48 bits per heavy atom. The number of ether oxygens (including phenoxy) is 1. The van der Waals surface area contributed by atoms with E-state index in [2.05, 4.69) is 54.3 Å². The van der Waals surface area contributed by atoms with E-state index in [1.807, 2.05) is 6.92 Å². The van der Waals surface area contributed by atoms with Gasteiger partial charge in [0.05, 0.1) is 10.2 Å². The van der Waals surface area contributed by atoms with Crippen molar-refractivity contribution in [3.8, 4) is 11.4 Å². The largest absolute Gasteiger partial charge is 0.490 e. The fourth-order valence-electron chi connectivity index (χ4n) is 2.28. The Morgan fingerprint density at radius 2 is 1.96 bits per heavy atom. The predicted octanol–water partition coefficient (Wildman–Crippen LogP) is 2.88. The van der Waals surface area contributed by atoms with Crippen LogP contribution in [0.1, 0.15) is 27.7 Å². The summed E-state index contributed by atoms with van der Waals surface area (Å²) >= 11 is 3.44. The van der Waals surface area contributed by atoms with Gasteiger partial charge in [0.25, 0.3) is 0 Å². The van der Waals surface area contributed by atoms with Gasteiger partial charge in [0.1, 0.15) is 18.5 Å². The molecule has 1 unspecified atom stereocenters. The molecule has 0 aliphatic carbocycles. The summed E-state index contributed by atoms with van der Waals surface area (Å²) in [7, 11) is -2.86. The first-order chi connectivity index (χ1) is 12.4. The number of rotatable bonds is 7. The zero-order chi connectivity index (χ0) is 20.4. The monoisotopic (exact) mass is 458 g/mol. The molecule has 0 fully saturated rings. The average molecular weight is 459 g/mol. The van der Waals surface area contributed by atoms with Crippen molar-refractivity contribution in [3.63, 3.8) is 0 Å². The summed E-state index contributed by atoms with van der Waals surface area (Å²) in [6, 6.07) is 5.14. The van der Waals surface area contributed by atoms with Gasteiger partial charge in [0, 0.05) is 28.7 Å². The second kappa shape index (κ2) is 8.57. The number of halogens is 1. The Hall–Kier alpha value is -0.995. The van der Waals surface area contributed by atoms with Gasteiger partial charge in [0.15, 0.2) is 0 Å².